The first-order valence-corrected chi connectivity index (χ1v) is 9.11. The van der Waals surface area contributed by atoms with Crippen LogP contribution in [0.25, 0.3) is 0 Å². The van der Waals surface area contributed by atoms with Crippen LogP contribution in [0.2, 0.25) is 0 Å². The number of methoxy groups -OCH3 is 2. The summed E-state index contributed by atoms with van der Waals surface area (Å²) in [5.41, 5.74) is -1.71. The number of carbonyl (C=O) groups excluding carboxylic acids is 2. The molecule has 0 heterocycles. The van der Waals surface area contributed by atoms with Gasteiger partial charge in [-0.2, -0.15) is 0 Å². The van der Waals surface area contributed by atoms with E-state index in [4.69, 9.17) is 32.7 Å². The van der Waals surface area contributed by atoms with Gasteiger partial charge in [-0.25, -0.2) is 0 Å². The Morgan fingerprint density at radius 3 is 2.12 bits per heavy atom. The molecule has 1 saturated carbocycles. The van der Waals surface area contributed by atoms with Gasteiger partial charge in [-0.3, -0.25) is 9.59 Å². The number of alkyl halides is 2. The highest BCUT2D eigenvalue weighted by Crippen LogP contribution is 2.80. The van der Waals surface area contributed by atoms with Gasteiger partial charge in [0.15, 0.2) is 11.6 Å². The predicted octanol–water partition coefficient (Wildman–Crippen LogP) is 4.09. The monoisotopic (exact) mass is 396 g/mol. The van der Waals surface area contributed by atoms with Gasteiger partial charge in [-0.1, -0.05) is 12.2 Å². The Balaban J connectivity index is 2.49. The molecule has 4 atom stereocenters. The van der Waals surface area contributed by atoms with Gasteiger partial charge >= 0.3 is 0 Å². The van der Waals surface area contributed by atoms with Crippen molar-refractivity contribution < 1.29 is 19.1 Å². The zero-order chi connectivity index (χ0) is 19.7. The minimum absolute atomic E-state index is 0.143. The van der Waals surface area contributed by atoms with Crippen LogP contribution in [0.15, 0.2) is 48.0 Å². The van der Waals surface area contributed by atoms with Crippen LogP contribution in [0.3, 0.4) is 0 Å². The number of rotatable bonds is 6. The van der Waals surface area contributed by atoms with Crippen LogP contribution in [-0.2, 0) is 19.1 Å². The summed E-state index contributed by atoms with van der Waals surface area (Å²) < 4.78 is 11.2. The summed E-state index contributed by atoms with van der Waals surface area (Å²) in [6, 6.07) is 0. The standard InChI is InChI=1S/C20H22Cl2O4/c1-7-9-12-13(23)20(22)17(4,15(12)26-6)19(21)11(3)14(25-5)18(20,10-8-2)16(19)24/h7-8H,1-2,9-10H2,3-6H3/t17?,18-,19-,20?/m0/s1. The maximum absolute atomic E-state index is 13.6. The van der Waals surface area contributed by atoms with Gasteiger partial charge in [-0.05, 0) is 32.3 Å². The second kappa shape index (κ2) is 5.49. The van der Waals surface area contributed by atoms with E-state index in [0.717, 1.165) is 0 Å². The highest BCUT2D eigenvalue weighted by atomic mass is 35.5. The Morgan fingerprint density at radius 2 is 1.65 bits per heavy atom. The molecule has 0 spiro atoms. The fourth-order valence-corrected chi connectivity index (χ4v) is 6.61. The molecule has 0 radical (unpaired) electrons. The number of fused-ring (bicyclic) bond motifs is 5. The molecule has 0 saturated heterocycles. The van der Waals surface area contributed by atoms with E-state index in [1.807, 2.05) is 0 Å². The first-order valence-electron chi connectivity index (χ1n) is 8.35. The third-order valence-corrected chi connectivity index (χ3v) is 8.14. The molecule has 3 aliphatic carbocycles. The number of allylic oxidation sites excluding steroid dienone is 6. The number of Topliss-reactive ketones (excluding diaryl/α,β-unsaturated/α-hetero) is 2. The van der Waals surface area contributed by atoms with Crippen molar-refractivity contribution in [2.75, 3.05) is 14.2 Å². The molecule has 6 heteroatoms. The first kappa shape index (κ1) is 19.2. The normalized spacial score (nSPS) is 41.0. The minimum Gasteiger partial charge on any atom is -0.500 e. The van der Waals surface area contributed by atoms with Crippen molar-refractivity contribution in [3.05, 3.63) is 48.0 Å². The lowest BCUT2D eigenvalue weighted by atomic mass is 9.61. The van der Waals surface area contributed by atoms with Gasteiger partial charge in [0.05, 0.1) is 19.6 Å². The highest BCUT2D eigenvalue weighted by Gasteiger charge is 2.91. The molecule has 1 fully saturated rings. The summed E-state index contributed by atoms with van der Waals surface area (Å²) in [5.74, 6) is 0.00637. The van der Waals surface area contributed by atoms with E-state index in [2.05, 4.69) is 13.2 Å². The van der Waals surface area contributed by atoms with Crippen LogP contribution < -0.4 is 0 Å². The topological polar surface area (TPSA) is 52.6 Å². The summed E-state index contributed by atoms with van der Waals surface area (Å²) in [6.45, 7) is 11.0. The third kappa shape index (κ3) is 1.45. The maximum Gasteiger partial charge on any atom is 0.186 e. The summed E-state index contributed by atoms with van der Waals surface area (Å²) in [5, 5.41) is 0. The molecule has 4 nitrogen and oxygen atoms in total. The maximum atomic E-state index is 13.6. The number of ketones is 2. The van der Waals surface area contributed by atoms with Gasteiger partial charge in [-0.15, -0.1) is 36.4 Å². The zero-order valence-corrected chi connectivity index (χ0v) is 16.9. The summed E-state index contributed by atoms with van der Waals surface area (Å²) in [4.78, 5) is 24.0. The fourth-order valence-electron chi connectivity index (χ4n) is 5.50. The van der Waals surface area contributed by atoms with E-state index in [-0.39, 0.29) is 24.4 Å². The number of halogens is 2. The molecule has 3 aliphatic rings. The Hall–Kier alpha value is -1.52. The molecule has 0 aliphatic heterocycles. The molecule has 2 bridgehead atoms. The van der Waals surface area contributed by atoms with Gasteiger partial charge < -0.3 is 9.47 Å². The molecule has 0 aromatic rings. The Bertz CT molecular complexity index is 826. The molecule has 2 unspecified atom stereocenters. The van der Waals surface area contributed by atoms with Crippen LogP contribution in [0.1, 0.15) is 26.7 Å². The number of hydrogen-bond acceptors (Lipinski definition) is 4. The van der Waals surface area contributed by atoms with E-state index in [1.165, 1.54) is 14.2 Å². The molecule has 140 valence electrons. The number of hydrogen-bond donors (Lipinski definition) is 0. The highest BCUT2D eigenvalue weighted by molar-refractivity contribution is 6.52. The van der Waals surface area contributed by atoms with Crippen LogP contribution in [-0.4, -0.2) is 35.5 Å². The van der Waals surface area contributed by atoms with Crippen molar-refractivity contribution in [1.29, 1.82) is 0 Å². The van der Waals surface area contributed by atoms with Gasteiger partial charge in [0.25, 0.3) is 0 Å². The molecular formula is C20H22Cl2O4. The third-order valence-electron chi connectivity index (χ3n) is 6.43. The van der Waals surface area contributed by atoms with Crippen molar-refractivity contribution in [2.24, 2.45) is 10.8 Å². The first-order chi connectivity index (χ1) is 12.1. The van der Waals surface area contributed by atoms with Gasteiger partial charge in [0, 0.05) is 5.57 Å². The average molecular weight is 397 g/mol. The number of ether oxygens (including phenoxy) is 2. The van der Waals surface area contributed by atoms with Crippen molar-refractivity contribution in [2.45, 2.75) is 36.4 Å². The van der Waals surface area contributed by atoms with Gasteiger partial charge in [0.2, 0.25) is 0 Å². The Morgan fingerprint density at radius 1 is 1.08 bits per heavy atom. The SMILES string of the molecule is C=CCC1=C(OC)C2(C)C(Cl)(C1=O)[C@]1(CC=C)C(=O)[C@@]2(Cl)C(C)=C1OC. The lowest BCUT2D eigenvalue weighted by Gasteiger charge is -2.48. The quantitative estimate of drug-likeness (QED) is 0.501. The summed E-state index contributed by atoms with van der Waals surface area (Å²) in [7, 11) is 2.93. The predicted molar refractivity (Wildman–Crippen MR) is 101 cm³/mol. The van der Waals surface area contributed by atoms with E-state index < -0.39 is 20.6 Å². The van der Waals surface area contributed by atoms with Crippen LogP contribution in [0.4, 0.5) is 0 Å². The second-order valence-electron chi connectivity index (χ2n) is 7.16. The van der Waals surface area contributed by atoms with E-state index in [9.17, 15) is 9.59 Å². The summed E-state index contributed by atoms with van der Waals surface area (Å²) >= 11 is 14.2. The minimum atomic E-state index is -1.65. The zero-order valence-electron chi connectivity index (χ0n) is 15.4. The average Bonchev–Trinajstić information content (AvgIpc) is 2.94. The summed E-state index contributed by atoms with van der Waals surface area (Å²) in [6.07, 6.45) is 3.61. The lowest BCUT2D eigenvalue weighted by Crippen LogP contribution is -2.58. The molecule has 0 aromatic heterocycles. The molecular weight excluding hydrogens is 375 g/mol. The molecule has 26 heavy (non-hydrogen) atoms. The molecule has 3 rings (SSSR count). The lowest BCUT2D eigenvalue weighted by molar-refractivity contribution is -0.130. The molecule has 0 N–H and O–H groups in total. The number of carbonyl (C=O) groups is 2. The van der Waals surface area contributed by atoms with Crippen LogP contribution in [0.5, 0.6) is 0 Å². The Labute approximate surface area is 163 Å². The van der Waals surface area contributed by atoms with Crippen LogP contribution in [0, 0.1) is 10.8 Å². The largest absolute Gasteiger partial charge is 0.500 e. The van der Waals surface area contributed by atoms with Crippen molar-refractivity contribution >= 4 is 34.8 Å². The molecule has 0 amide bonds. The van der Waals surface area contributed by atoms with Crippen molar-refractivity contribution in [1.82, 2.24) is 0 Å². The van der Waals surface area contributed by atoms with Crippen LogP contribution >= 0.6 is 23.2 Å². The van der Waals surface area contributed by atoms with Crippen molar-refractivity contribution in [3.63, 3.8) is 0 Å². The van der Waals surface area contributed by atoms with Gasteiger partial charge in [0.1, 0.15) is 26.7 Å². The Kier molecular flexibility index (Phi) is 4.07. The van der Waals surface area contributed by atoms with E-state index in [0.29, 0.717) is 22.7 Å². The smallest absolute Gasteiger partial charge is 0.186 e. The van der Waals surface area contributed by atoms with E-state index >= 15 is 0 Å². The van der Waals surface area contributed by atoms with E-state index in [1.54, 1.807) is 26.0 Å². The molecule has 0 aromatic carbocycles. The fraction of sp³-hybridized carbons (Fsp3) is 0.500. The van der Waals surface area contributed by atoms with Crippen molar-refractivity contribution in [3.8, 4) is 0 Å². The second-order valence-corrected chi connectivity index (χ2v) is 8.30.